The minimum atomic E-state index is 0.113. The molecule has 0 saturated carbocycles. The van der Waals surface area contributed by atoms with Crippen LogP contribution in [0.3, 0.4) is 0 Å². The molecule has 0 aliphatic carbocycles. The second-order valence-corrected chi connectivity index (χ2v) is 3.75. The third kappa shape index (κ3) is 3.86. The molecule has 1 aromatic rings. The highest BCUT2D eigenvalue weighted by molar-refractivity contribution is 5.80. The minimum Gasteiger partial charge on any atom is -0.495 e. The minimum absolute atomic E-state index is 0.113. The summed E-state index contributed by atoms with van der Waals surface area (Å²) in [7, 11) is 1.63. The number of nitrogens with zero attached hydrogens (tertiary/aromatic N) is 1. The number of para-hydroxylation sites is 2. The summed E-state index contributed by atoms with van der Waals surface area (Å²) in [5.74, 6) is 1.00. The first-order valence-corrected chi connectivity index (χ1v) is 5.57. The lowest BCUT2D eigenvalue weighted by Crippen LogP contribution is -2.26. The number of oxime groups is 1. The molecule has 0 spiro atoms. The van der Waals surface area contributed by atoms with Gasteiger partial charge in [0.05, 0.1) is 12.8 Å². The second kappa shape index (κ2) is 6.62. The first-order chi connectivity index (χ1) is 8.21. The number of hydrogen-bond donors (Lipinski definition) is 3. The summed E-state index contributed by atoms with van der Waals surface area (Å²) in [4.78, 5) is 0. The molecule has 0 saturated heterocycles. The molecule has 0 radical (unpaired) electrons. The number of anilines is 1. The first-order valence-electron chi connectivity index (χ1n) is 5.57. The molecule has 0 aliphatic heterocycles. The third-order valence-corrected chi connectivity index (χ3v) is 2.54. The summed E-state index contributed by atoms with van der Waals surface area (Å²) >= 11 is 0. The van der Waals surface area contributed by atoms with Crippen LogP contribution in [0.4, 0.5) is 5.69 Å². The van der Waals surface area contributed by atoms with E-state index in [1.165, 1.54) is 0 Å². The maximum atomic E-state index is 8.56. The molecule has 0 heterocycles. The van der Waals surface area contributed by atoms with E-state index in [0.717, 1.165) is 17.9 Å². The van der Waals surface area contributed by atoms with Gasteiger partial charge in [0.15, 0.2) is 0 Å². The van der Waals surface area contributed by atoms with Crippen LogP contribution < -0.4 is 15.8 Å². The Hall–Kier alpha value is -1.91. The topological polar surface area (TPSA) is 79.9 Å². The second-order valence-electron chi connectivity index (χ2n) is 3.75. The molecular weight excluding hydrogens is 218 g/mol. The van der Waals surface area contributed by atoms with E-state index in [-0.39, 0.29) is 11.9 Å². The van der Waals surface area contributed by atoms with E-state index >= 15 is 0 Å². The van der Waals surface area contributed by atoms with E-state index in [9.17, 15) is 0 Å². The van der Waals surface area contributed by atoms with Gasteiger partial charge in [0, 0.05) is 12.5 Å². The molecule has 1 unspecified atom stereocenters. The average Bonchev–Trinajstić information content (AvgIpc) is 2.38. The van der Waals surface area contributed by atoms with Gasteiger partial charge >= 0.3 is 0 Å². The van der Waals surface area contributed by atoms with E-state index in [2.05, 4.69) is 10.5 Å². The maximum absolute atomic E-state index is 8.56. The molecule has 0 aromatic heterocycles. The quantitative estimate of drug-likeness (QED) is 0.306. The van der Waals surface area contributed by atoms with Crippen molar-refractivity contribution in [3.8, 4) is 5.75 Å². The van der Waals surface area contributed by atoms with Crippen molar-refractivity contribution in [2.24, 2.45) is 10.9 Å². The SMILES string of the molecule is CCC(C/C(N)=N/O)Nc1ccccc1OC. The molecule has 0 aliphatic rings. The molecule has 5 heteroatoms. The van der Waals surface area contributed by atoms with Crippen LogP contribution in [0.1, 0.15) is 19.8 Å². The van der Waals surface area contributed by atoms with Crippen LogP contribution >= 0.6 is 0 Å². The fourth-order valence-corrected chi connectivity index (χ4v) is 1.57. The summed E-state index contributed by atoms with van der Waals surface area (Å²) in [6.45, 7) is 2.04. The van der Waals surface area contributed by atoms with Gasteiger partial charge < -0.3 is 21.0 Å². The molecule has 0 amide bonds. The highest BCUT2D eigenvalue weighted by atomic mass is 16.5. The number of benzene rings is 1. The average molecular weight is 237 g/mol. The van der Waals surface area contributed by atoms with Crippen molar-refractivity contribution in [1.29, 1.82) is 0 Å². The lowest BCUT2D eigenvalue weighted by atomic mass is 10.1. The van der Waals surface area contributed by atoms with Gasteiger partial charge in [0.1, 0.15) is 11.6 Å². The summed E-state index contributed by atoms with van der Waals surface area (Å²) in [6.07, 6.45) is 1.36. The zero-order valence-electron chi connectivity index (χ0n) is 10.2. The van der Waals surface area contributed by atoms with Gasteiger partial charge in [-0.15, -0.1) is 0 Å². The fourth-order valence-electron chi connectivity index (χ4n) is 1.57. The normalized spacial score (nSPS) is 13.2. The largest absolute Gasteiger partial charge is 0.495 e. The molecule has 94 valence electrons. The van der Waals surface area contributed by atoms with Crippen molar-refractivity contribution >= 4 is 11.5 Å². The maximum Gasteiger partial charge on any atom is 0.141 e. The molecule has 17 heavy (non-hydrogen) atoms. The zero-order chi connectivity index (χ0) is 12.7. The van der Waals surface area contributed by atoms with Gasteiger partial charge in [0.25, 0.3) is 0 Å². The Morgan fingerprint density at radius 3 is 2.82 bits per heavy atom. The first kappa shape index (κ1) is 13.2. The van der Waals surface area contributed by atoms with Gasteiger partial charge in [-0.25, -0.2) is 0 Å². The smallest absolute Gasteiger partial charge is 0.141 e. The van der Waals surface area contributed by atoms with Crippen molar-refractivity contribution in [1.82, 2.24) is 0 Å². The predicted molar refractivity (Wildman–Crippen MR) is 68.7 cm³/mol. The van der Waals surface area contributed by atoms with Crippen LogP contribution in [0.15, 0.2) is 29.4 Å². The van der Waals surface area contributed by atoms with E-state index < -0.39 is 0 Å². The van der Waals surface area contributed by atoms with Gasteiger partial charge in [-0.05, 0) is 18.6 Å². The number of nitrogens with one attached hydrogen (secondary N) is 1. The summed E-state index contributed by atoms with van der Waals surface area (Å²) in [5.41, 5.74) is 6.41. The van der Waals surface area contributed by atoms with Crippen LogP contribution in [-0.2, 0) is 0 Å². The van der Waals surface area contributed by atoms with Gasteiger partial charge in [-0.3, -0.25) is 0 Å². The van der Waals surface area contributed by atoms with Crippen LogP contribution in [0.25, 0.3) is 0 Å². The van der Waals surface area contributed by atoms with Crippen molar-refractivity contribution in [2.75, 3.05) is 12.4 Å². The number of methoxy groups -OCH3 is 1. The van der Waals surface area contributed by atoms with Crippen LogP contribution in [0, 0.1) is 0 Å². The van der Waals surface area contributed by atoms with Crippen molar-refractivity contribution < 1.29 is 9.94 Å². The standard InChI is InChI=1S/C12H19N3O2/c1-3-9(8-12(13)15-16)14-10-6-4-5-7-11(10)17-2/h4-7,9,14,16H,3,8H2,1-2H3,(H2,13,15). The summed E-state index contributed by atoms with van der Waals surface area (Å²) in [6, 6.07) is 7.78. The monoisotopic (exact) mass is 237 g/mol. The van der Waals surface area contributed by atoms with Crippen LogP contribution in [0.2, 0.25) is 0 Å². The van der Waals surface area contributed by atoms with Crippen LogP contribution in [-0.4, -0.2) is 24.2 Å². The Bertz CT molecular complexity index is 380. The van der Waals surface area contributed by atoms with E-state index in [0.29, 0.717) is 6.42 Å². The molecular formula is C12H19N3O2. The van der Waals surface area contributed by atoms with Crippen molar-refractivity contribution in [3.63, 3.8) is 0 Å². The number of ether oxygens (including phenoxy) is 1. The lowest BCUT2D eigenvalue weighted by molar-refractivity contribution is 0.316. The van der Waals surface area contributed by atoms with E-state index in [4.69, 9.17) is 15.7 Å². The summed E-state index contributed by atoms with van der Waals surface area (Å²) < 4.78 is 5.25. The lowest BCUT2D eigenvalue weighted by Gasteiger charge is -2.19. The van der Waals surface area contributed by atoms with E-state index in [1.54, 1.807) is 7.11 Å². The molecule has 4 N–H and O–H groups in total. The van der Waals surface area contributed by atoms with E-state index in [1.807, 2.05) is 31.2 Å². The number of amidine groups is 1. The Morgan fingerprint density at radius 1 is 1.53 bits per heavy atom. The Labute approximate surface area is 101 Å². The molecule has 5 nitrogen and oxygen atoms in total. The molecule has 1 rings (SSSR count). The van der Waals surface area contributed by atoms with Gasteiger partial charge in [0.2, 0.25) is 0 Å². The highest BCUT2D eigenvalue weighted by Crippen LogP contribution is 2.24. The number of rotatable bonds is 6. The Kier molecular flexibility index (Phi) is 5.13. The predicted octanol–water partition coefficient (Wildman–Crippen LogP) is 2.02. The highest BCUT2D eigenvalue weighted by Gasteiger charge is 2.11. The molecule has 0 fully saturated rings. The Balaban J connectivity index is 2.73. The van der Waals surface area contributed by atoms with Gasteiger partial charge in [-0.2, -0.15) is 0 Å². The number of hydrogen-bond acceptors (Lipinski definition) is 4. The summed E-state index contributed by atoms with van der Waals surface area (Å²) in [5, 5.41) is 14.9. The number of nitrogens with two attached hydrogens (primary N) is 1. The van der Waals surface area contributed by atoms with Crippen LogP contribution in [0.5, 0.6) is 5.75 Å². The molecule has 0 bridgehead atoms. The fraction of sp³-hybridized carbons (Fsp3) is 0.417. The third-order valence-electron chi connectivity index (χ3n) is 2.54. The molecule has 1 atom stereocenters. The van der Waals surface area contributed by atoms with Crippen molar-refractivity contribution in [2.45, 2.75) is 25.8 Å². The van der Waals surface area contributed by atoms with Gasteiger partial charge in [-0.1, -0.05) is 24.2 Å². The zero-order valence-corrected chi connectivity index (χ0v) is 10.2. The Morgan fingerprint density at radius 2 is 2.24 bits per heavy atom. The molecule has 1 aromatic carbocycles. The van der Waals surface area contributed by atoms with Crippen molar-refractivity contribution in [3.05, 3.63) is 24.3 Å².